The molecule has 1 aromatic carbocycles. The highest BCUT2D eigenvalue weighted by Gasteiger charge is 2.35. The average Bonchev–Trinajstić information content (AvgIpc) is 3.09. The topological polar surface area (TPSA) is 47.6 Å². The number of nitrogens with zero attached hydrogens (tertiary/aromatic N) is 2. The lowest BCUT2D eigenvalue weighted by Gasteiger charge is -2.44. The van der Waals surface area contributed by atoms with Crippen LogP contribution in [-0.4, -0.2) is 67.2 Å². The number of benzene rings is 1. The molecule has 4 aliphatic heterocycles. The van der Waals surface area contributed by atoms with Crippen molar-refractivity contribution in [3.63, 3.8) is 0 Å². The average molecular weight is 360 g/mol. The molecule has 0 aromatic heterocycles. The molecule has 1 aromatic rings. The van der Waals surface area contributed by atoms with E-state index in [4.69, 9.17) is 0 Å². The highest BCUT2D eigenvalue weighted by Crippen LogP contribution is 2.27. The Labute approximate surface area is 154 Å². The SMILES string of the molecule is O=C(NC1CCN(CCc2ccc(F)cc2)C1)NC1CN2CCC1CC2. The van der Waals surface area contributed by atoms with Crippen molar-refractivity contribution in [2.45, 2.75) is 37.8 Å². The van der Waals surface area contributed by atoms with Crippen LogP contribution in [0.25, 0.3) is 0 Å². The maximum atomic E-state index is 13.0. The van der Waals surface area contributed by atoms with E-state index in [1.54, 1.807) is 0 Å². The summed E-state index contributed by atoms with van der Waals surface area (Å²) in [6, 6.07) is 7.27. The van der Waals surface area contributed by atoms with Gasteiger partial charge in [0.1, 0.15) is 5.82 Å². The van der Waals surface area contributed by atoms with Gasteiger partial charge in [0.05, 0.1) is 0 Å². The third-order valence-corrected chi connectivity index (χ3v) is 6.21. The Hall–Kier alpha value is -1.66. The van der Waals surface area contributed by atoms with Crippen molar-refractivity contribution in [2.75, 3.05) is 39.3 Å². The van der Waals surface area contributed by atoms with E-state index in [1.165, 1.54) is 38.1 Å². The van der Waals surface area contributed by atoms with E-state index in [9.17, 15) is 9.18 Å². The monoisotopic (exact) mass is 360 g/mol. The van der Waals surface area contributed by atoms with Crippen molar-refractivity contribution in [3.8, 4) is 0 Å². The normalized spacial score (nSPS) is 31.1. The van der Waals surface area contributed by atoms with Crippen molar-refractivity contribution < 1.29 is 9.18 Å². The van der Waals surface area contributed by atoms with Crippen LogP contribution in [0.4, 0.5) is 9.18 Å². The Bertz CT molecular complexity index is 615. The molecule has 0 aliphatic carbocycles. The number of fused-ring (bicyclic) bond motifs is 3. The van der Waals surface area contributed by atoms with Crippen molar-refractivity contribution in [1.29, 1.82) is 0 Å². The number of halogens is 1. The number of piperidine rings is 3. The molecule has 2 amide bonds. The molecule has 142 valence electrons. The van der Waals surface area contributed by atoms with Crippen LogP contribution in [0, 0.1) is 11.7 Å². The number of carbonyl (C=O) groups is 1. The predicted octanol–water partition coefficient (Wildman–Crippen LogP) is 1.84. The van der Waals surface area contributed by atoms with Gasteiger partial charge >= 0.3 is 6.03 Å². The maximum absolute atomic E-state index is 13.0. The molecule has 5 rings (SSSR count). The minimum Gasteiger partial charge on any atom is -0.334 e. The van der Waals surface area contributed by atoms with Gasteiger partial charge in [-0.1, -0.05) is 12.1 Å². The number of amides is 2. The Morgan fingerprint density at radius 1 is 1.04 bits per heavy atom. The Morgan fingerprint density at radius 3 is 2.50 bits per heavy atom. The van der Waals surface area contributed by atoms with Crippen molar-refractivity contribution in [1.82, 2.24) is 20.4 Å². The van der Waals surface area contributed by atoms with Crippen LogP contribution in [0.1, 0.15) is 24.8 Å². The molecule has 0 saturated carbocycles. The van der Waals surface area contributed by atoms with Gasteiger partial charge in [-0.3, -0.25) is 0 Å². The minimum absolute atomic E-state index is 0.00543. The van der Waals surface area contributed by atoms with E-state index < -0.39 is 0 Å². The number of likely N-dealkylation sites (tertiary alicyclic amines) is 1. The number of urea groups is 1. The highest BCUT2D eigenvalue weighted by atomic mass is 19.1. The molecule has 4 aliphatic rings. The fourth-order valence-corrected chi connectivity index (χ4v) is 4.62. The van der Waals surface area contributed by atoms with Gasteiger partial charge in [0, 0.05) is 38.3 Å². The van der Waals surface area contributed by atoms with Crippen LogP contribution in [0.3, 0.4) is 0 Å². The Balaban J connectivity index is 1.18. The first-order valence-electron chi connectivity index (χ1n) is 9.92. The summed E-state index contributed by atoms with van der Waals surface area (Å²) in [6.45, 7) is 6.24. The molecule has 5 nitrogen and oxygen atoms in total. The quantitative estimate of drug-likeness (QED) is 0.842. The van der Waals surface area contributed by atoms with E-state index in [1.807, 2.05) is 12.1 Å². The van der Waals surface area contributed by atoms with Gasteiger partial charge in [-0.15, -0.1) is 0 Å². The molecular formula is C20H29FN4O. The number of hydrogen-bond donors (Lipinski definition) is 2. The minimum atomic E-state index is -0.187. The fourth-order valence-electron chi connectivity index (χ4n) is 4.62. The van der Waals surface area contributed by atoms with Crippen LogP contribution in [-0.2, 0) is 6.42 Å². The lowest BCUT2D eigenvalue weighted by Crippen LogP contribution is -2.59. The largest absolute Gasteiger partial charge is 0.334 e. The molecule has 4 saturated heterocycles. The highest BCUT2D eigenvalue weighted by molar-refractivity contribution is 5.74. The zero-order valence-electron chi connectivity index (χ0n) is 15.3. The first kappa shape index (κ1) is 17.7. The van der Waals surface area contributed by atoms with E-state index >= 15 is 0 Å². The van der Waals surface area contributed by atoms with Crippen molar-refractivity contribution >= 4 is 6.03 Å². The molecule has 4 fully saturated rings. The summed E-state index contributed by atoms with van der Waals surface area (Å²) in [6.07, 6.45) is 4.34. The molecule has 2 N–H and O–H groups in total. The van der Waals surface area contributed by atoms with Crippen molar-refractivity contribution in [3.05, 3.63) is 35.6 Å². The summed E-state index contributed by atoms with van der Waals surface area (Å²) in [7, 11) is 0. The number of nitrogens with one attached hydrogen (secondary N) is 2. The molecule has 6 heteroatoms. The number of carbonyl (C=O) groups excluding carboxylic acids is 1. The summed E-state index contributed by atoms with van der Waals surface area (Å²) >= 11 is 0. The van der Waals surface area contributed by atoms with Gasteiger partial charge in [-0.25, -0.2) is 9.18 Å². The van der Waals surface area contributed by atoms with Gasteiger partial charge in [0.15, 0.2) is 0 Å². The van der Waals surface area contributed by atoms with Crippen LogP contribution < -0.4 is 10.6 Å². The van der Waals surface area contributed by atoms with Gasteiger partial charge in [-0.2, -0.15) is 0 Å². The van der Waals surface area contributed by atoms with Crippen molar-refractivity contribution in [2.24, 2.45) is 5.92 Å². The second-order valence-corrected chi connectivity index (χ2v) is 8.03. The standard InChI is InChI=1S/C20H29FN4O/c21-17-3-1-15(2-4-17)5-9-24-12-8-18(13-24)22-20(26)23-19-14-25-10-6-16(19)7-11-25/h1-4,16,18-19H,5-14H2,(H2,22,23,26). The Kier molecular flexibility index (Phi) is 5.41. The van der Waals surface area contributed by atoms with Gasteiger partial charge in [-0.05, 0) is 62.4 Å². The van der Waals surface area contributed by atoms with Crippen LogP contribution in [0.5, 0.6) is 0 Å². The van der Waals surface area contributed by atoms with Crippen LogP contribution in [0.15, 0.2) is 24.3 Å². The zero-order chi connectivity index (χ0) is 17.9. The van der Waals surface area contributed by atoms with E-state index in [-0.39, 0.29) is 17.9 Å². The maximum Gasteiger partial charge on any atom is 0.315 e. The summed E-state index contributed by atoms with van der Waals surface area (Å²) in [4.78, 5) is 17.2. The van der Waals surface area contributed by atoms with E-state index in [0.717, 1.165) is 44.6 Å². The molecule has 2 unspecified atom stereocenters. The fraction of sp³-hybridized carbons (Fsp3) is 0.650. The lowest BCUT2D eigenvalue weighted by atomic mass is 9.84. The second kappa shape index (κ2) is 7.92. The number of rotatable bonds is 5. The first-order valence-corrected chi connectivity index (χ1v) is 9.92. The molecule has 4 heterocycles. The van der Waals surface area contributed by atoms with Crippen LogP contribution in [0.2, 0.25) is 0 Å². The molecule has 0 spiro atoms. The molecule has 0 radical (unpaired) electrons. The van der Waals surface area contributed by atoms with E-state index in [2.05, 4.69) is 20.4 Å². The summed E-state index contributed by atoms with van der Waals surface area (Å²) in [5.41, 5.74) is 1.16. The second-order valence-electron chi connectivity index (χ2n) is 8.03. The predicted molar refractivity (Wildman–Crippen MR) is 99.6 cm³/mol. The van der Waals surface area contributed by atoms with Gasteiger partial charge in [0.2, 0.25) is 0 Å². The van der Waals surface area contributed by atoms with Gasteiger partial charge < -0.3 is 20.4 Å². The number of hydrogen-bond acceptors (Lipinski definition) is 3. The smallest absolute Gasteiger partial charge is 0.315 e. The summed E-state index contributed by atoms with van der Waals surface area (Å²) < 4.78 is 13.0. The first-order chi connectivity index (χ1) is 12.7. The molecular weight excluding hydrogens is 331 g/mol. The lowest BCUT2D eigenvalue weighted by molar-refractivity contribution is 0.0764. The Morgan fingerprint density at radius 2 is 1.81 bits per heavy atom. The summed E-state index contributed by atoms with van der Waals surface area (Å²) in [5.74, 6) is 0.467. The van der Waals surface area contributed by atoms with Crippen LogP contribution >= 0.6 is 0 Å². The third-order valence-electron chi connectivity index (χ3n) is 6.21. The van der Waals surface area contributed by atoms with Gasteiger partial charge in [0.25, 0.3) is 0 Å². The van der Waals surface area contributed by atoms with E-state index in [0.29, 0.717) is 12.0 Å². The zero-order valence-corrected chi connectivity index (χ0v) is 15.3. The summed E-state index contributed by atoms with van der Waals surface area (Å²) in [5, 5.41) is 6.37. The molecule has 26 heavy (non-hydrogen) atoms. The molecule has 2 atom stereocenters. The molecule has 2 bridgehead atoms. The third kappa shape index (κ3) is 4.35.